The van der Waals surface area contributed by atoms with Crippen LogP contribution in [0.5, 0.6) is 0 Å². The minimum Gasteiger partial charge on any atom is -0.391 e. The number of hydrogen-bond acceptors (Lipinski definition) is 5. The van der Waals surface area contributed by atoms with Crippen molar-refractivity contribution in [3.8, 4) is 0 Å². The van der Waals surface area contributed by atoms with Gasteiger partial charge in [0.1, 0.15) is 5.69 Å². The maximum Gasteiger partial charge on any atom is 0.291 e. The summed E-state index contributed by atoms with van der Waals surface area (Å²) in [5.41, 5.74) is 5.34. The Morgan fingerprint density at radius 1 is 1.73 bits per heavy atom. The zero-order chi connectivity index (χ0) is 11.4. The van der Waals surface area contributed by atoms with Crippen LogP contribution in [0.15, 0.2) is 16.7 Å². The summed E-state index contributed by atoms with van der Waals surface area (Å²) >= 11 is 3.09. The van der Waals surface area contributed by atoms with E-state index < -0.39 is 11.0 Å². The SMILES string of the molecule is NCC(O)Cc1ncc(Br)cc1[N+](=O)[O-]. The van der Waals surface area contributed by atoms with Crippen LogP contribution in [0.3, 0.4) is 0 Å². The highest BCUT2D eigenvalue weighted by molar-refractivity contribution is 9.10. The lowest BCUT2D eigenvalue weighted by molar-refractivity contribution is -0.386. The molecule has 0 amide bonds. The number of halogens is 1. The fourth-order valence-corrected chi connectivity index (χ4v) is 1.40. The molecule has 1 aromatic rings. The molecule has 0 bridgehead atoms. The molecular formula is C8H10BrN3O3. The van der Waals surface area contributed by atoms with Crippen molar-refractivity contribution in [3.63, 3.8) is 0 Å². The van der Waals surface area contributed by atoms with Crippen molar-refractivity contribution in [2.24, 2.45) is 5.73 Å². The van der Waals surface area contributed by atoms with Crippen LogP contribution in [0, 0.1) is 10.1 Å². The average molecular weight is 276 g/mol. The van der Waals surface area contributed by atoms with E-state index in [0.717, 1.165) is 0 Å². The quantitative estimate of drug-likeness (QED) is 0.619. The Balaban J connectivity index is 3.01. The smallest absolute Gasteiger partial charge is 0.291 e. The highest BCUT2D eigenvalue weighted by Crippen LogP contribution is 2.21. The summed E-state index contributed by atoms with van der Waals surface area (Å²) in [5.74, 6) is 0. The first-order chi connectivity index (χ1) is 7.04. The molecule has 0 aliphatic heterocycles. The van der Waals surface area contributed by atoms with Crippen molar-refractivity contribution in [2.75, 3.05) is 6.54 Å². The number of rotatable bonds is 4. The summed E-state index contributed by atoms with van der Waals surface area (Å²) in [6, 6.07) is 1.35. The minimum atomic E-state index is -0.808. The van der Waals surface area contributed by atoms with Crippen molar-refractivity contribution in [1.29, 1.82) is 0 Å². The van der Waals surface area contributed by atoms with Crippen LogP contribution in [-0.4, -0.2) is 27.7 Å². The molecular weight excluding hydrogens is 266 g/mol. The molecule has 82 valence electrons. The minimum absolute atomic E-state index is 0.0505. The van der Waals surface area contributed by atoms with Crippen LogP contribution in [0.25, 0.3) is 0 Å². The Morgan fingerprint density at radius 2 is 2.40 bits per heavy atom. The van der Waals surface area contributed by atoms with Gasteiger partial charge < -0.3 is 10.8 Å². The van der Waals surface area contributed by atoms with E-state index in [4.69, 9.17) is 5.73 Å². The van der Waals surface area contributed by atoms with Crippen molar-refractivity contribution < 1.29 is 10.0 Å². The number of aliphatic hydroxyl groups is 1. The van der Waals surface area contributed by atoms with Crippen LogP contribution in [0.1, 0.15) is 5.69 Å². The summed E-state index contributed by atoms with van der Waals surface area (Å²) in [5, 5.41) is 20.0. The molecule has 1 aromatic heterocycles. The van der Waals surface area contributed by atoms with Gasteiger partial charge in [0.2, 0.25) is 0 Å². The highest BCUT2D eigenvalue weighted by atomic mass is 79.9. The molecule has 0 saturated heterocycles. The van der Waals surface area contributed by atoms with Crippen LogP contribution in [0.2, 0.25) is 0 Å². The van der Waals surface area contributed by atoms with E-state index in [1.165, 1.54) is 12.3 Å². The molecule has 1 atom stereocenters. The fourth-order valence-electron chi connectivity index (χ4n) is 1.08. The predicted molar refractivity (Wildman–Crippen MR) is 57.4 cm³/mol. The zero-order valence-electron chi connectivity index (χ0n) is 7.76. The number of nitrogens with two attached hydrogens (primary N) is 1. The molecule has 1 rings (SSSR count). The van der Waals surface area contributed by atoms with Crippen LogP contribution >= 0.6 is 15.9 Å². The van der Waals surface area contributed by atoms with E-state index in [-0.39, 0.29) is 24.3 Å². The third-order valence-electron chi connectivity index (χ3n) is 1.81. The van der Waals surface area contributed by atoms with E-state index in [0.29, 0.717) is 4.47 Å². The third kappa shape index (κ3) is 3.22. The van der Waals surface area contributed by atoms with Gasteiger partial charge in [0, 0.05) is 29.7 Å². The molecule has 3 N–H and O–H groups in total. The molecule has 1 unspecified atom stereocenters. The maximum atomic E-state index is 10.7. The van der Waals surface area contributed by atoms with Crippen LogP contribution in [0.4, 0.5) is 5.69 Å². The Bertz CT molecular complexity index is 372. The summed E-state index contributed by atoms with van der Waals surface area (Å²) in [7, 11) is 0. The summed E-state index contributed by atoms with van der Waals surface area (Å²) in [4.78, 5) is 14.0. The molecule has 0 aliphatic carbocycles. The van der Waals surface area contributed by atoms with Gasteiger partial charge in [0.25, 0.3) is 5.69 Å². The number of hydrogen-bond donors (Lipinski definition) is 2. The van der Waals surface area contributed by atoms with Gasteiger partial charge >= 0.3 is 0 Å². The first kappa shape index (κ1) is 12.0. The van der Waals surface area contributed by atoms with Crippen LogP contribution < -0.4 is 5.73 Å². The highest BCUT2D eigenvalue weighted by Gasteiger charge is 2.18. The van der Waals surface area contributed by atoms with Crippen molar-refractivity contribution in [2.45, 2.75) is 12.5 Å². The molecule has 15 heavy (non-hydrogen) atoms. The summed E-state index contributed by atoms with van der Waals surface area (Å²) < 4.78 is 0.528. The molecule has 6 nitrogen and oxygen atoms in total. The number of nitrogens with zero attached hydrogens (tertiary/aromatic N) is 2. The van der Waals surface area contributed by atoms with Gasteiger partial charge in [-0.3, -0.25) is 15.1 Å². The normalized spacial score (nSPS) is 12.5. The number of aromatic nitrogens is 1. The first-order valence-corrected chi connectivity index (χ1v) is 5.01. The number of pyridine rings is 1. The molecule has 0 aromatic carbocycles. The van der Waals surface area contributed by atoms with Gasteiger partial charge in [-0.25, -0.2) is 0 Å². The van der Waals surface area contributed by atoms with E-state index in [2.05, 4.69) is 20.9 Å². The molecule has 0 saturated carbocycles. The van der Waals surface area contributed by atoms with Crippen LogP contribution in [-0.2, 0) is 6.42 Å². The van der Waals surface area contributed by atoms with E-state index in [1.54, 1.807) is 0 Å². The number of aliphatic hydroxyl groups excluding tert-OH is 1. The van der Waals surface area contributed by atoms with Gasteiger partial charge in [-0.15, -0.1) is 0 Å². The lowest BCUT2D eigenvalue weighted by Gasteiger charge is -2.07. The van der Waals surface area contributed by atoms with Gasteiger partial charge in [-0.05, 0) is 15.9 Å². The van der Waals surface area contributed by atoms with E-state index in [1.807, 2.05) is 0 Å². The Hall–Kier alpha value is -1.05. The predicted octanol–water partition coefficient (Wildman–Crippen LogP) is 0.614. The zero-order valence-corrected chi connectivity index (χ0v) is 9.35. The second-order valence-corrected chi connectivity index (χ2v) is 3.89. The molecule has 0 aliphatic rings. The van der Waals surface area contributed by atoms with Crippen molar-refractivity contribution in [3.05, 3.63) is 32.5 Å². The summed E-state index contributed by atoms with van der Waals surface area (Å²) in [6.45, 7) is 0.0505. The summed E-state index contributed by atoms with van der Waals surface area (Å²) in [6.07, 6.45) is 0.725. The molecule has 1 heterocycles. The third-order valence-corrected chi connectivity index (χ3v) is 2.25. The van der Waals surface area contributed by atoms with Gasteiger partial charge in [0.05, 0.1) is 11.0 Å². The lowest BCUT2D eigenvalue weighted by Crippen LogP contribution is -2.23. The van der Waals surface area contributed by atoms with E-state index >= 15 is 0 Å². The lowest BCUT2D eigenvalue weighted by atomic mass is 10.1. The first-order valence-electron chi connectivity index (χ1n) is 4.21. The molecule has 0 spiro atoms. The topological polar surface area (TPSA) is 102 Å². The number of nitro groups is 1. The van der Waals surface area contributed by atoms with Gasteiger partial charge in [-0.1, -0.05) is 0 Å². The van der Waals surface area contributed by atoms with Gasteiger partial charge in [0.15, 0.2) is 0 Å². The van der Waals surface area contributed by atoms with E-state index in [9.17, 15) is 15.2 Å². The Morgan fingerprint density at radius 3 is 2.93 bits per heavy atom. The maximum absolute atomic E-state index is 10.7. The standard InChI is InChI=1S/C8H10BrN3O3/c9-5-1-8(12(14)15)7(11-4-5)2-6(13)3-10/h1,4,6,13H,2-3,10H2. The Kier molecular flexibility index (Phi) is 4.13. The molecule has 0 radical (unpaired) electrons. The molecule has 7 heteroatoms. The monoisotopic (exact) mass is 275 g/mol. The fraction of sp³-hybridized carbons (Fsp3) is 0.375. The second-order valence-electron chi connectivity index (χ2n) is 2.97. The Labute approximate surface area is 94.4 Å². The van der Waals surface area contributed by atoms with Crippen molar-refractivity contribution in [1.82, 2.24) is 4.98 Å². The average Bonchev–Trinajstić information content (AvgIpc) is 2.20. The second kappa shape index (κ2) is 5.15. The molecule has 0 fully saturated rings. The largest absolute Gasteiger partial charge is 0.391 e. The van der Waals surface area contributed by atoms with Gasteiger partial charge in [-0.2, -0.15) is 0 Å². The van der Waals surface area contributed by atoms with Crippen molar-refractivity contribution >= 4 is 21.6 Å².